The van der Waals surface area contributed by atoms with Crippen LogP contribution in [0.5, 0.6) is 0 Å². The van der Waals surface area contributed by atoms with E-state index in [0.29, 0.717) is 5.92 Å². The number of fused-ring (bicyclic) bond motifs is 2. The second-order valence-electron chi connectivity index (χ2n) is 5.75. The molecule has 0 aromatic heterocycles. The summed E-state index contributed by atoms with van der Waals surface area (Å²) in [7, 11) is 0. The smallest absolute Gasteiger partial charge is 0.0142 e. The third kappa shape index (κ3) is 1.17. The molecule has 94 valence electrons. The predicted molar refractivity (Wildman–Crippen MR) is 84.9 cm³/mol. The zero-order chi connectivity index (χ0) is 13.1. The van der Waals surface area contributed by atoms with E-state index in [0.717, 1.165) is 6.42 Å². The van der Waals surface area contributed by atoms with Crippen LogP contribution in [0.25, 0.3) is 28.0 Å². The summed E-state index contributed by atoms with van der Waals surface area (Å²) in [5.74, 6) is 0.532. The maximum absolute atomic E-state index is 2.32. The monoisotopic (exact) mass is 254 g/mol. The van der Waals surface area contributed by atoms with Crippen molar-refractivity contribution in [2.45, 2.75) is 12.3 Å². The first-order valence-corrected chi connectivity index (χ1v) is 7.25. The lowest BCUT2D eigenvalue weighted by atomic mass is 9.72. The first kappa shape index (κ1) is 10.4. The van der Waals surface area contributed by atoms with E-state index in [1.807, 2.05) is 0 Å². The zero-order valence-electron chi connectivity index (χ0n) is 11.1. The van der Waals surface area contributed by atoms with Gasteiger partial charge >= 0.3 is 0 Å². The highest BCUT2D eigenvalue weighted by molar-refractivity contribution is 6.03. The maximum Gasteiger partial charge on any atom is 0.0142 e. The molecule has 0 heteroatoms. The van der Waals surface area contributed by atoms with Crippen LogP contribution in [0.4, 0.5) is 0 Å². The molecule has 1 unspecified atom stereocenters. The van der Waals surface area contributed by atoms with Crippen LogP contribution in [0.3, 0.4) is 0 Å². The summed E-state index contributed by atoms with van der Waals surface area (Å²) in [5, 5.41) is 2.82. The molecule has 20 heavy (non-hydrogen) atoms. The fourth-order valence-electron chi connectivity index (χ4n) is 3.97. The fraction of sp³-hybridized carbons (Fsp3) is 0.100. The molecular formula is C20H14. The lowest BCUT2D eigenvalue weighted by molar-refractivity contribution is 0.824. The summed E-state index contributed by atoms with van der Waals surface area (Å²) in [6, 6.07) is 20.2. The van der Waals surface area contributed by atoms with Gasteiger partial charge in [0.2, 0.25) is 0 Å². The maximum atomic E-state index is 2.32. The molecular weight excluding hydrogens is 240 g/mol. The van der Waals surface area contributed by atoms with Gasteiger partial charge in [-0.3, -0.25) is 0 Å². The number of rotatable bonds is 0. The molecule has 0 fully saturated rings. The van der Waals surface area contributed by atoms with Crippen molar-refractivity contribution in [2.24, 2.45) is 0 Å². The zero-order valence-corrected chi connectivity index (χ0v) is 11.1. The molecule has 0 bridgehead atoms. The van der Waals surface area contributed by atoms with Crippen molar-refractivity contribution < 1.29 is 0 Å². The Bertz CT molecular complexity index is 878. The van der Waals surface area contributed by atoms with Gasteiger partial charge in [-0.05, 0) is 45.0 Å². The molecule has 0 nitrogen and oxygen atoms in total. The van der Waals surface area contributed by atoms with Crippen LogP contribution in [0, 0.1) is 0 Å². The van der Waals surface area contributed by atoms with Crippen LogP contribution >= 0.6 is 0 Å². The van der Waals surface area contributed by atoms with Crippen LogP contribution in [-0.2, 0) is 0 Å². The third-order valence-electron chi connectivity index (χ3n) is 4.76. The van der Waals surface area contributed by atoms with Gasteiger partial charge in [-0.15, -0.1) is 0 Å². The molecule has 0 heterocycles. The Morgan fingerprint density at radius 2 is 1.60 bits per heavy atom. The van der Waals surface area contributed by atoms with Gasteiger partial charge in [0.25, 0.3) is 0 Å². The summed E-state index contributed by atoms with van der Waals surface area (Å²) in [4.78, 5) is 0. The summed E-state index contributed by atoms with van der Waals surface area (Å²) in [6.45, 7) is 0. The van der Waals surface area contributed by atoms with Gasteiger partial charge in [0.15, 0.2) is 0 Å². The Balaban J connectivity index is 2.03. The first-order valence-electron chi connectivity index (χ1n) is 7.25. The van der Waals surface area contributed by atoms with Crippen molar-refractivity contribution in [1.29, 1.82) is 0 Å². The molecule has 0 radical (unpaired) electrons. The Kier molecular flexibility index (Phi) is 1.88. The quantitative estimate of drug-likeness (QED) is 0.506. The average molecular weight is 254 g/mol. The lowest BCUT2D eigenvalue weighted by Gasteiger charge is -2.31. The molecule has 2 aliphatic carbocycles. The number of hydrogen-bond donors (Lipinski definition) is 0. The highest BCUT2D eigenvalue weighted by atomic mass is 14.3. The Morgan fingerprint density at radius 1 is 0.800 bits per heavy atom. The minimum atomic E-state index is 0.532. The van der Waals surface area contributed by atoms with Crippen LogP contribution in [0.1, 0.15) is 29.0 Å². The lowest BCUT2D eigenvalue weighted by Crippen LogP contribution is -2.12. The van der Waals surface area contributed by atoms with E-state index in [9.17, 15) is 0 Å². The normalized spacial score (nSPS) is 18.1. The summed E-state index contributed by atoms with van der Waals surface area (Å²) in [6.07, 6.45) is 5.73. The highest BCUT2D eigenvalue weighted by Crippen LogP contribution is 2.49. The SMILES string of the molecule is C1=Cc2cccc3c2C(C1)c1cccc2cccc-3c12. The van der Waals surface area contributed by atoms with Crippen LogP contribution < -0.4 is 0 Å². The minimum absolute atomic E-state index is 0.532. The van der Waals surface area contributed by atoms with Crippen LogP contribution in [0.15, 0.2) is 60.7 Å². The van der Waals surface area contributed by atoms with E-state index in [2.05, 4.69) is 66.7 Å². The predicted octanol–water partition coefficient (Wildman–Crippen LogP) is 5.37. The number of allylic oxidation sites excluding steroid dienone is 1. The highest BCUT2D eigenvalue weighted by Gasteiger charge is 2.29. The molecule has 1 atom stereocenters. The van der Waals surface area contributed by atoms with E-state index < -0.39 is 0 Å². The van der Waals surface area contributed by atoms with E-state index in [-0.39, 0.29) is 0 Å². The van der Waals surface area contributed by atoms with Crippen molar-refractivity contribution in [1.82, 2.24) is 0 Å². The first-order chi connectivity index (χ1) is 9.93. The average Bonchev–Trinajstić information content (AvgIpc) is 2.52. The van der Waals surface area contributed by atoms with Gasteiger partial charge in [-0.1, -0.05) is 66.7 Å². The second kappa shape index (κ2) is 3.61. The molecule has 3 aromatic carbocycles. The minimum Gasteiger partial charge on any atom is -0.0830 e. The van der Waals surface area contributed by atoms with Crippen LogP contribution in [-0.4, -0.2) is 0 Å². The molecule has 0 amide bonds. The van der Waals surface area contributed by atoms with Gasteiger partial charge in [0, 0.05) is 5.92 Å². The molecule has 2 aliphatic rings. The van der Waals surface area contributed by atoms with E-state index >= 15 is 0 Å². The Labute approximate surface area is 118 Å². The molecule has 0 spiro atoms. The van der Waals surface area contributed by atoms with Crippen molar-refractivity contribution in [3.05, 3.63) is 77.4 Å². The summed E-state index contributed by atoms with van der Waals surface area (Å²) < 4.78 is 0. The van der Waals surface area contributed by atoms with Gasteiger partial charge in [-0.2, -0.15) is 0 Å². The molecule has 3 aromatic rings. The number of hydrogen-bond acceptors (Lipinski definition) is 0. The standard InChI is InChI=1S/C20H14/c1-5-13-6-2-11-17-18-12-4-8-14-7-3-10-16(20(14)18)15(9-1)19(13)17/h1-11,18H,12H2. The molecule has 0 N–H and O–H groups in total. The van der Waals surface area contributed by atoms with Gasteiger partial charge in [-0.25, -0.2) is 0 Å². The van der Waals surface area contributed by atoms with Gasteiger partial charge < -0.3 is 0 Å². The van der Waals surface area contributed by atoms with Gasteiger partial charge in [0.1, 0.15) is 0 Å². The van der Waals surface area contributed by atoms with Crippen molar-refractivity contribution in [3.63, 3.8) is 0 Å². The van der Waals surface area contributed by atoms with Crippen molar-refractivity contribution >= 4 is 16.8 Å². The summed E-state index contributed by atoms with van der Waals surface area (Å²) >= 11 is 0. The van der Waals surface area contributed by atoms with Gasteiger partial charge in [0.05, 0.1) is 0 Å². The Morgan fingerprint density at radius 3 is 2.55 bits per heavy atom. The molecule has 0 saturated carbocycles. The largest absolute Gasteiger partial charge is 0.0830 e. The number of benzene rings is 3. The van der Waals surface area contributed by atoms with E-state index in [4.69, 9.17) is 0 Å². The van der Waals surface area contributed by atoms with Crippen LogP contribution in [0.2, 0.25) is 0 Å². The molecule has 5 rings (SSSR count). The topological polar surface area (TPSA) is 0 Å². The van der Waals surface area contributed by atoms with Crippen molar-refractivity contribution in [2.75, 3.05) is 0 Å². The van der Waals surface area contributed by atoms with Crippen molar-refractivity contribution in [3.8, 4) is 11.1 Å². The fourth-order valence-corrected chi connectivity index (χ4v) is 3.97. The second-order valence-corrected chi connectivity index (χ2v) is 5.75. The van der Waals surface area contributed by atoms with E-state index in [1.165, 1.54) is 38.6 Å². The van der Waals surface area contributed by atoms with E-state index in [1.54, 1.807) is 0 Å². The molecule has 0 aliphatic heterocycles. The molecule has 0 saturated heterocycles. The Hall–Kier alpha value is -2.34. The summed E-state index contributed by atoms with van der Waals surface area (Å²) in [5.41, 5.74) is 7.26. The third-order valence-corrected chi connectivity index (χ3v) is 4.76.